The molecule has 4 unspecified atom stereocenters. The number of epoxide rings is 1. The lowest BCUT2D eigenvalue weighted by molar-refractivity contribution is -0.312. The maximum atomic E-state index is 12.0. The number of hydrogen-bond acceptors (Lipinski definition) is 23. The first-order chi connectivity index (χ1) is 40.1. The maximum Gasteiger partial charge on any atom is 0.407 e. The molecule has 0 aromatic rings. The largest absolute Gasteiger partial charge is 0.469 e. The molecule has 2 saturated carbocycles. The van der Waals surface area contributed by atoms with Crippen molar-refractivity contribution >= 4 is 12.2 Å². The molecule has 25 heteroatoms. The van der Waals surface area contributed by atoms with E-state index in [4.69, 9.17) is 57.8 Å². The number of allylic oxidation sites excluding steroid dienone is 4. The topological polar surface area (TPSA) is 355 Å². The van der Waals surface area contributed by atoms with E-state index in [1.54, 1.807) is 48.7 Å². The number of alkyl carbamates (subject to hydrolysis) is 2. The number of hydrogen-bond donors (Lipinski definition) is 12. The van der Waals surface area contributed by atoms with Gasteiger partial charge in [0.25, 0.3) is 0 Å². The Morgan fingerprint density at radius 3 is 1.49 bits per heavy atom. The highest BCUT2D eigenvalue weighted by Crippen LogP contribution is 2.41. The Morgan fingerprint density at radius 1 is 0.640 bits per heavy atom. The zero-order valence-corrected chi connectivity index (χ0v) is 54.1. The SMILES string of the molecule is CC(C)(C)OC(=O)NCC1CO1.CCC1=CC[C@@H](C)[C@@H](OC2[C@@H](C)C[C@@H](CCC(O)CNC(=O)OC(C)(C)C)[C@H](O[C@H]3OC[C@](C)(O)[C@H](NC)[C@H]3O)[C@H]2O)O1.CCC1=CC[C@@H](C)[C@@H](OC2[C@@H](C)C[C@@H](N)[C@H](O[C@H]3OC[C@](C)(O)[C@H](NC)[C@H]3O)[C@H]2O)O1. The van der Waals surface area contributed by atoms with Gasteiger partial charge in [0, 0.05) is 43.8 Å². The van der Waals surface area contributed by atoms with Crippen molar-refractivity contribution in [3.63, 3.8) is 0 Å². The highest BCUT2D eigenvalue weighted by atomic mass is 16.7. The Morgan fingerprint density at radius 2 is 1.06 bits per heavy atom. The number of carbonyl (C=O) groups excluding carboxylic acids is 2. The number of aliphatic hydroxyl groups excluding tert-OH is 5. The molecular weight excluding hydrogens is 1120 g/mol. The minimum absolute atomic E-state index is 0.000351. The van der Waals surface area contributed by atoms with Crippen molar-refractivity contribution in [1.29, 1.82) is 0 Å². The number of rotatable bonds is 19. The van der Waals surface area contributed by atoms with Crippen LogP contribution in [0.15, 0.2) is 23.7 Å². The fourth-order valence-electron chi connectivity index (χ4n) is 11.8. The van der Waals surface area contributed by atoms with Crippen LogP contribution in [0.3, 0.4) is 0 Å². The minimum Gasteiger partial charge on any atom is -0.469 e. The second-order valence-electron chi connectivity index (χ2n) is 27.2. The van der Waals surface area contributed by atoms with E-state index in [1.807, 2.05) is 55.4 Å². The zero-order chi connectivity index (χ0) is 64.2. The molecule has 13 N–H and O–H groups in total. The third-order valence-electron chi connectivity index (χ3n) is 16.7. The summed E-state index contributed by atoms with van der Waals surface area (Å²) in [7, 11) is 3.30. The van der Waals surface area contributed by atoms with Gasteiger partial charge in [0.1, 0.15) is 52.9 Å². The van der Waals surface area contributed by atoms with Gasteiger partial charge in [-0.05, 0) is 138 Å². The fourth-order valence-corrected chi connectivity index (χ4v) is 11.8. The summed E-state index contributed by atoms with van der Waals surface area (Å²) < 4.78 is 63.7. The Balaban J connectivity index is 0.000000271. The van der Waals surface area contributed by atoms with Gasteiger partial charge < -0.3 is 115 Å². The summed E-state index contributed by atoms with van der Waals surface area (Å²) in [4.78, 5) is 23.0. The van der Waals surface area contributed by atoms with Gasteiger partial charge in [-0.1, -0.05) is 41.5 Å². The van der Waals surface area contributed by atoms with E-state index >= 15 is 0 Å². The van der Waals surface area contributed by atoms with Gasteiger partial charge in [-0.25, -0.2) is 9.59 Å². The van der Waals surface area contributed by atoms with Crippen molar-refractivity contribution in [1.82, 2.24) is 21.3 Å². The van der Waals surface area contributed by atoms with Crippen molar-refractivity contribution in [2.24, 2.45) is 35.3 Å². The lowest BCUT2D eigenvalue weighted by atomic mass is 9.74. The monoisotopic (exact) mass is 1230 g/mol. The quantitative estimate of drug-likeness (QED) is 0.0826. The molecule has 2 aliphatic carbocycles. The molecular formula is C61H111N5O20. The van der Waals surface area contributed by atoms with E-state index in [2.05, 4.69) is 40.3 Å². The molecule has 2 amide bonds. The van der Waals surface area contributed by atoms with Gasteiger partial charge >= 0.3 is 12.2 Å². The first-order valence-corrected chi connectivity index (χ1v) is 31.2. The molecule has 7 rings (SSSR count). The summed E-state index contributed by atoms with van der Waals surface area (Å²) in [5.74, 6) is 1.74. The standard InChI is InChI=1S/C31H56N2O10.C22H40N2O7.C8H15NO3/c1-9-21-13-10-17(2)27(40-21)41-24-18(3)14-19(11-12-20(34)15-33-29(37)43-30(4,5)6)25(22(24)35)42-28-23(36)26(32-8)31(7,38)16-39-28;1-6-13-8-7-11(2)20(29-13)30-17-12(3)9-14(23)18(15(17)25)31-21-16(26)19(24-5)22(4,27)10-28-21;1-8(2,3)12-7(10)9-4-6-5-11-6/h13,17-20,22-28,32,34-36,38H,9-12,14-16H2,1-8H3,(H,33,37);8,11-12,14-21,24-27H,6-7,9-10,23H2,1-5H3;6H,4-5H2,1-3H3,(H,9,10)/t17-,18+,19-,20?,22+,23-,24?,25+,26-,27-,28-,31+;11-,12+,14-,15+,16-,17?,18+,19-,20-,21-,22+;/m11./s1. The minimum atomic E-state index is -1.32. The first kappa shape index (κ1) is 73.7. The van der Waals surface area contributed by atoms with Gasteiger partial charge in [-0.15, -0.1) is 0 Å². The number of ether oxygens (including phenoxy) is 11. The lowest BCUT2D eigenvalue weighted by Gasteiger charge is -2.49. The van der Waals surface area contributed by atoms with Crippen LogP contribution in [0.2, 0.25) is 0 Å². The summed E-state index contributed by atoms with van der Waals surface area (Å²) in [6.07, 6.45) is -2.48. The molecule has 7 aliphatic rings. The lowest BCUT2D eigenvalue weighted by Crippen LogP contribution is -2.67. The van der Waals surface area contributed by atoms with Crippen LogP contribution in [0.4, 0.5) is 9.59 Å². The van der Waals surface area contributed by atoms with E-state index in [9.17, 15) is 45.3 Å². The molecule has 0 aromatic heterocycles. The smallest absolute Gasteiger partial charge is 0.407 e. The Hall–Kier alpha value is -3.06. The third kappa shape index (κ3) is 21.5. The van der Waals surface area contributed by atoms with Gasteiger partial charge in [0.2, 0.25) is 12.6 Å². The number of carbonyl (C=O) groups is 2. The van der Waals surface area contributed by atoms with Crippen LogP contribution in [-0.4, -0.2) is 222 Å². The third-order valence-corrected chi connectivity index (χ3v) is 16.7. The van der Waals surface area contributed by atoms with Crippen LogP contribution in [0.5, 0.6) is 0 Å². The molecule has 0 spiro atoms. The van der Waals surface area contributed by atoms with Gasteiger partial charge in [-0.2, -0.15) is 0 Å². The molecule has 500 valence electrons. The Kier molecular flexibility index (Phi) is 27.7. The van der Waals surface area contributed by atoms with E-state index in [1.165, 1.54) is 0 Å². The molecule has 0 radical (unpaired) electrons. The number of amides is 2. The van der Waals surface area contributed by atoms with Gasteiger partial charge in [-0.3, -0.25) is 0 Å². The Bertz CT molecular complexity index is 2140. The van der Waals surface area contributed by atoms with Crippen molar-refractivity contribution < 1.29 is 97.4 Å². The van der Waals surface area contributed by atoms with Crippen LogP contribution < -0.4 is 27.0 Å². The van der Waals surface area contributed by atoms with Crippen LogP contribution in [0.1, 0.15) is 148 Å². The highest BCUT2D eigenvalue weighted by molar-refractivity contribution is 5.68. The van der Waals surface area contributed by atoms with Crippen LogP contribution in [-0.2, 0) is 52.1 Å². The van der Waals surface area contributed by atoms with Gasteiger partial charge in [0.05, 0.1) is 73.9 Å². The zero-order valence-electron chi connectivity index (χ0n) is 54.1. The molecule has 25 nitrogen and oxygen atoms in total. The van der Waals surface area contributed by atoms with Crippen molar-refractivity contribution in [2.75, 3.05) is 47.0 Å². The molecule has 24 atom stereocenters. The molecule has 0 aromatic carbocycles. The van der Waals surface area contributed by atoms with E-state index in [0.717, 1.165) is 43.8 Å². The normalized spacial score (nSPS) is 40.3. The van der Waals surface area contributed by atoms with E-state index in [0.29, 0.717) is 32.2 Å². The maximum absolute atomic E-state index is 12.0. The highest BCUT2D eigenvalue weighted by Gasteiger charge is 2.53. The van der Waals surface area contributed by atoms with E-state index in [-0.39, 0.29) is 61.5 Å². The predicted molar refractivity (Wildman–Crippen MR) is 316 cm³/mol. The van der Waals surface area contributed by atoms with Crippen LogP contribution in [0, 0.1) is 29.6 Å². The second kappa shape index (κ2) is 32.3. The van der Waals surface area contributed by atoms with Crippen LogP contribution >= 0.6 is 0 Å². The second-order valence-corrected chi connectivity index (χ2v) is 27.2. The van der Waals surface area contributed by atoms with E-state index < -0.39 is 127 Å². The summed E-state index contributed by atoms with van der Waals surface area (Å²) in [6, 6.07) is -1.82. The summed E-state index contributed by atoms with van der Waals surface area (Å²) in [6.45, 7) is 27.4. The number of aliphatic hydroxyl groups is 7. The first-order valence-electron chi connectivity index (χ1n) is 31.2. The fraction of sp³-hybridized carbons (Fsp3) is 0.902. The molecule has 5 aliphatic heterocycles. The molecule has 5 heterocycles. The molecule has 0 bridgehead atoms. The molecule has 3 saturated heterocycles. The van der Waals surface area contributed by atoms with Crippen LogP contribution in [0.25, 0.3) is 0 Å². The average molecular weight is 1230 g/mol. The van der Waals surface area contributed by atoms with Crippen molar-refractivity contribution in [3.05, 3.63) is 23.7 Å². The average Bonchev–Trinajstić information content (AvgIpc) is 1.12. The molecule has 86 heavy (non-hydrogen) atoms. The molecule has 5 fully saturated rings. The Labute approximate surface area is 510 Å². The van der Waals surface area contributed by atoms with Crippen molar-refractivity contribution in [2.45, 2.75) is 275 Å². The number of likely N-dealkylation sites (N-methyl/N-ethyl adjacent to an activating group) is 2. The number of nitrogens with two attached hydrogens (primary N) is 1. The van der Waals surface area contributed by atoms with Gasteiger partial charge in [0.15, 0.2) is 12.6 Å². The number of nitrogens with one attached hydrogen (secondary N) is 4. The summed E-state index contributed by atoms with van der Waals surface area (Å²) in [5.41, 5.74) is 2.69. The predicted octanol–water partition coefficient (Wildman–Crippen LogP) is 3.30. The summed E-state index contributed by atoms with van der Waals surface area (Å²) >= 11 is 0. The summed E-state index contributed by atoms with van der Waals surface area (Å²) in [5, 5.41) is 87.5. The van der Waals surface area contributed by atoms with Crippen molar-refractivity contribution in [3.8, 4) is 0 Å².